The van der Waals surface area contributed by atoms with Gasteiger partial charge in [-0.2, -0.15) is 11.8 Å². The van der Waals surface area contributed by atoms with Gasteiger partial charge >= 0.3 is 0 Å². The fourth-order valence-electron chi connectivity index (χ4n) is 2.10. The Labute approximate surface area is 128 Å². The lowest BCUT2D eigenvalue weighted by Crippen LogP contribution is -2.45. The number of amides is 1. The molecule has 0 spiro atoms. The van der Waals surface area contributed by atoms with Crippen LogP contribution in [0.4, 0.5) is 0 Å². The number of carbonyl (C=O) groups excluding carboxylic acids is 1. The minimum Gasteiger partial charge on any atom is -0.396 e. The lowest BCUT2D eigenvalue weighted by atomic mass is 10.1. The number of thioether (sulfide) groups is 1. The van der Waals surface area contributed by atoms with Crippen LogP contribution in [0.2, 0.25) is 0 Å². The predicted octanol–water partition coefficient (Wildman–Crippen LogP) is 2.25. The molecule has 0 fully saturated rings. The molecule has 1 atom stereocenters. The summed E-state index contributed by atoms with van der Waals surface area (Å²) in [6.07, 6.45) is 9.31. The summed E-state index contributed by atoms with van der Waals surface area (Å²) in [7, 11) is 0. The van der Waals surface area contributed by atoms with Crippen LogP contribution in [0.5, 0.6) is 0 Å². The third kappa shape index (κ3) is 9.61. The third-order valence-corrected chi connectivity index (χ3v) is 4.02. The molecule has 0 aromatic rings. The highest BCUT2D eigenvalue weighted by Crippen LogP contribution is 2.07. The fourth-order valence-corrected chi connectivity index (χ4v) is 2.59. The Morgan fingerprint density at radius 3 is 2.45 bits per heavy atom. The van der Waals surface area contributed by atoms with Gasteiger partial charge in [-0.3, -0.25) is 4.79 Å². The number of hydrogen-bond acceptors (Lipinski definition) is 4. The maximum atomic E-state index is 12.3. The second kappa shape index (κ2) is 13.7. The van der Waals surface area contributed by atoms with Crippen LogP contribution in [0.3, 0.4) is 0 Å². The van der Waals surface area contributed by atoms with E-state index < -0.39 is 6.04 Å². The molecule has 4 nitrogen and oxygen atoms in total. The van der Waals surface area contributed by atoms with Gasteiger partial charge in [0.25, 0.3) is 0 Å². The normalized spacial score (nSPS) is 12.4. The van der Waals surface area contributed by atoms with Gasteiger partial charge in [0.2, 0.25) is 5.91 Å². The third-order valence-electron chi connectivity index (χ3n) is 3.38. The SMILES string of the molecule is CCCCCCCN(CCCO)C(=O)[C@H](N)CCSC. The first-order chi connectivity index (χ1) is 9.67. The highest BCUT2D eigenvalue weighted by atomic mass is 32.2. The zero-order valence-electron chi connectivity index (χ0n) is 13.1. The van der Waals surface area contributed by atoms with Gasteiger partial charge in [0.1, 0.15) is 0 Å². The Balaban J connectivity index is 4.13. The summed E-state index contributed by atoms with van der Waals surface area (Å²) in [6.45, 7) is 3.72. The highest BCUT2D eigenvalue weighted by Gasteiger charge is 2.19. The van der Waals surface area contributed by atoms with E-state index in [0.29, 0.717) is 13.0 Å². The number of unbranched alkanes of at least 4 members (excludes halogenated alkanes) is 4. The minimum atomic E-state index is -0.392. The summed E-state index contributed by atoms with van der Waals surface area (Å²) in [4.78, 5) is 14.1. The highest BCUT2D eigenvalue weighted by molar-refractivity contribution is 7.98. The van der Waals surface area contributed by atoms with Crippen LogP contribution < -0.4 is 5.73 Å². The molecule has 3 N–H and O–H groups in total. The van der Waals surface area contributed by atoms with Crippen molar-refractivity contribution in [2.24, 2.45) is 5.73 Å². The predicted molar refractivity (Wildman–Crippen MR) is 88.0 cm³/mol. The van der Waals surface area contributed by atoms with Crippen molar-refractivity contribution < 1.29 is 9.90 Å². The Kier molecular flexibility index (Phi) is 13.5. The number of hydrogen-bond donors (Lipinski definition) is 2. The van der Waals surface area contributed by atoms with Crippen LogP contribution in [-0.4, -0.2) is 53.7 Å². The van der Waals surface area contributed by atoms with Gasteiger partial charge in [0.05, 0.1) is 6.04 Å². The van der Waals surface area contributed by atoms with E-state index in [1.165, 1.54) is 19.3 Å². The summed E-state index contributed by atoms with van der Waals surface area (Å²) < 4.78 is 0. The molecule has 0 saturated heterocycles. The topological polar surface area (TPSA) is 66.6 Å². The van der Waals surface area contributed by atoms with Crippen molar-refractivity contribution in [3.05, 3.63) is 0 Å². The Hall–Kier alpha value is -0.260. The first-order valence-corrected chi connectivity index (χ1v) is 9.20. The number of carbonyl (C=O) groups is 1. The molecule has 0 saturated carbocycles. The van der Waals surface area contributed by atoms with Crippen molar-refractivity contribution >= 4 is 17.7 Å². The van der Waals surface area contributed by atoms with Crippen molar-refractivity contribution in [3.8, 4) is 0 Å². The summed E-state index contributed by atoms with van der Waals surface area (Å²) in [5.41, 5.74) is 5.96. The smallest absolute Gasteiger partial charge is 0.239 e. The molecule has 1 amide bonds. The summed E-state index contributed by atoms with van der Waals surface area (Å²) in [5, 5.41) is 8.95. The maximum absolute atomic E-state index is 12.3. The molecule has 0 aliphatic heterocycles. The molecule has 0 unspecified atom stereocenters. The number of aliphatic hydroxyl groups is 1. The van der Waals surface area contributed by atoms with Gasteiger partial charge in [-0.25, -0.2) is 0 Å². The van der Waals surface area contributed by atoms with Crippen LogP contribution in [-0.2, 0) is 4.79 Å². The molecule has 0 radical (unpaired) electrons. The van der Waals surface area contributed by atoms with Gasteiger partial charge in [-0.15, -0.1) is 0 Å². The Morgan fingerprint density at radius 1 is 1.20 bits per heavy atom. The Bertz CT molecular complexity index is 240. The van der Waals surface area contributed by atoms with Crippen LogP contribution in [0.15, 0.2) is 0 Å². The Morgan fingerprint density at radius 2 is 1.85 bits per heavy atom. The van der Waals surface area contributed by atoms with E-state index in [4.69, 9.17) is 10.8 Å². The van der Waals surface area contributed by atoms with Crippen LogP contribution in [0.25, 0.3) is 0 Å². The van der Waals surface area contributed by atoms with E-state index in [-0.39, 0.29) is 12.5 Å². The minimum absolute atomic E-state index is 0.0444. The number of rotatable bonds is 13. The fraction of sp³-hybridized carbons (Fsp3) is 0.933. The van der Waals surface area contributed by atoms with Crippen molar-refractivity contribution in [3.63, 3.8) is 0 Å². The van der Waals surface area contributed by atoms with E-state index in [2.05, 4.69) is 6.92 Å². The largest absolute Gasteiger partial charge is 0.396 e. The number of nitrogens with two attached hydrogens (primary N) is 1. The first kappa shape index (κ1) is 19.7. The molecule has 0 aliphatic rings. The van der Waals surface area contributed by atoms with Crippen molar-refractivity contribution in [2.45, 2.75) is 57.9 Å². The average Bonchev–Trinajstić information content (AvgIpc) is 2.46. The lowest BCUT2D eigenvalue weighted by molar-refractivity contribution is -0.132. The lowest BCUT2D eigenvalue weighted by Gasteiger charge is -2.25. The molecular formula is C15H32N2O2S. The zero-order chi connectivity index (χ0) is 15.2. The van der Waals surface area contributed by atoms with Crippen LogP contribution >= 0.6 is 11.8 Å². The van der Waals surface area contributed by atoms with Crippen molar-refractivity contribution in [1.82, 2.24) is 4.90 Å². The van der Waals surface area contributed by atoms with E-state index in [1.807, 2.05) is 11.2 Å². The molecular weight excluding hydrogens is 272 g/mol. The van der Waals surface area contributed by atoms with Gasteiger partial charge < -0.3 is 15.7 Å². The second-order valence-electron chi connectivity index (χ2n) is 5.20. The standard InChI is InChI=1S/C15H32N2O2S/c1-3-4-5-6-7-10-17(11-8-12-18)15(19)14(16)9-13-20-2/h14,18H,3-13,16H2,1-2H3/t14-/m1/s1. The van der Waals surface area contributed by atoms with Gasteiger partial charge in [0, 0.05) is 19.7 Å². The van der Waals surface area contributed by atoms with Gasteiger partial charge in [-0.05, 0) is 31.3 Å². The van der Waals surface area contributed by atoms with Crippen molar-refractivity contribution in [1.29, 1.82) is 0 Å². The first-order valence-electron chi connectivity index (χ1n) is 7.81. The molecule has 0 rings (SSSR count). The van der Waals surface area contributed by atoms with Crippen LogP contribution in [0, 0.1) is 0 Å². The summed E-state index contributed by atoms with van der Waals surface area (Å²) >= 11 is 1.71. The van der Waals surface area contributed by atoms with Crippen LogP contribution in [0.1, 0.15) is 51.9 Å². The van der Waals surface area contributed by atoms with Gasteiger partial charge in [0.15, 0.2) is 0 Å². The van der Waals surface area contributed by atoms with E-state index in [1.54, 1.807) is 11.8 Å². The average molecular weight is 304 g/mol. The molecule has 20 heavy (non-hydrogen) atoms. The van der Waals surface area contributed by atoms with E-state index in [9.17, 15) is 4.79 Å². The monoisotopic (exact) mass is 304 g/mol. The number of nitrogens with zero attached hydrogens (tertiary/aromatic N) is 1. The molecule has 0 aromatic heterocycles. The molecule has 5 heteroatoms. The van der Waals surface area contributed by atoms with E-state index in [0.717, 1.165) is 31.6 Å². The van der Waals surface area contributed by atoms with Gasteiger partial charge in [-0.1, -0.05) is 32.6 Å². The molecule has 0 aliphatic carbocycles. The molecule has 0 heterocycles. The van der Waals surface area contributed by atoms with E-state index >= 15 is 0 Å². The molecule has 120 valence electrons. The molecule has 0 bridgehead atoms. The van der Waals surface area contributed by atoms with Crippen molar-refractivity contribution in [2.75, 3.05) is 31.7 Å². The molecule has 0 aromatic carbocycles. The summed E-state index contributed by atoms with van der Waals surface area (Å²) in [6, 6.07) is -0.392. The number of aliphatic hydroxyl groups excluding tert-OH is 1. The summed E-state index contributed by atoms with van der Waals surface area (Å²) in [5.74, 6) is 0.958. The quantitative estimate of drug-likeness (QED) is 0.512. The second-order valence-corrected chi connectivity index (χ2v) is 6.19. The maximum Gasteiger partial charge on any atom is 0.239 e. The zero-order valence-corrected chi connectivity index (χ0v) is 14.0.